The van der Waals surface area contributed by atoms with Gasteiger partial charge in [0, 0.05) is 46.9 Å². The lowest BCUT2D eigenvalue weighted by molar-refractivity contribution is -0.116. The fraction of sp³-hybridized carbons (Fsp3) is 0.318. The van der Waals surface area contributed by atoms with Crippen LogP contribution in [0.5, 0.6) is 11.5 Å². The monoisotopic (exact) mass is 425 g/mol. The van der Waals surface area contributed by atoms with Gasteiger partial charge >= 0.3 is 0 Å². The summed E-state index contributed by atoms with van der Waals surface area (Å²) in [5.41, 5.74) is 5.42. The molecule has 138 valence electrons. The van der Waals surface area contributed by atoms with Crippen LogP contribution in [0.1, 0.15) is 36.3 Å². The van der Waals surface area contributed by atoms with E-state index in [-0.39, 0.29) is 11.7 Å². The van der Waals surface area contributed by atoms with Gasteiger partial charge in [-0.3, -0.25) is 4.79 Å². The minimum absolute atomic E-state index is 0.0667. The smallest absolute Gasteiger partial charge is 0.163 e. The Labute approximate surface area is 166 Å². The Balaban J connectivity index is 1.76. The highest BCUT2D eigenvalue weighted by atomic mass is 79.9. The summed E-state index contributed by atoms with van der Waals surface area (Å²) in [6, 6.07) is 12.4. The molecule has 0 saturated heterocycles. The summed E-state index contributed by atoms with van der Waals surface area (Å²) < 4.78 is 12.7. The van der Waals surface area contributed by atoms with Gasteiger partial charge in [0.2, 0.25) is 0 Å². The summed E-state index contributed by atoms with van der Waals surface area (Å²) in [7, 11) is 2.06. The zero-order valence-corrected chi connectivity index (χ0v) is 16.7. The normalized spacial score (nSPS) is 21.0. The first kappa shape index (κ1) is 16.9. The van der Waals surface area contributed by atoms with Crippen LogP contribution >= 0.6 is 15.9 Å². The number of halogens is 1. The number of hydrogen-bond acceptors (Lipinski definition) is 4. The van der Waals surface area contributed by atoms with Crippen molar-refractivity contribution >= 4 is 27.4 Å². The molecule has 5 rings (SSSR count). The third-order valence-electron chi connectivity index (χ3n) is 5.69. The summed E-state index contributed by atoms with van der Waals surface area (Å²) in [6.45, 7) is 1.12. The number of fused-ring (bicyclic) bond motifs is 2. The van der Waals surface area contributed by atoms with Crippen LogP contribution in [0.3, 0.4) is 0 Å². The molecule has 27 heavy (non-hydrogen) atoms. The maximum Gasteiger partial charge on any atom is 0.163 e. The van der Waals surface area contributed by atoms with Gasteiger partial charge in [0.15, 0.2) is 17.3 Å². The number of ketones is 1. The molecule has 0 spiro atoms. The summed E-state index contributed by atoms with van der Waals surface area (Å²) in [4.78, 5) is 15.1. The molecular weight excluding hydrogens is 406 g/mol. The Morgan fingerprint density at radius 3 is 2.48 bits per heavy atom. The molecule has 1 unspecified atom stereocenters. The lowest BCUT2D eigenvalue weighted by atomic mass is 9.75. The molecule has 0 fully saturated rings. The predicted octanol–water partition coefficient (Wildman–Crippen LogP) is 4.81. The van der Waals surface area contributed by atoms with Crippen molar-refractivity contribution in [1.29, 1.82) is 0 Å². The lowest BCUT2D eigenvalue weighted by Gasteiger charge is -2.40. The second kappa shape index (κ2) is 6.41. The summed E-state index contributed by atoms with van der Waals surface area (Å²) >= 11 is 3.52. The molecule has 2 aromatic carbocycles. The number of nitrogens with zero attached hydrogens (tertiary/aromatic N) is 1. The molecule has 0 aromatic heterocycles. The largest absolute Gasteiger partial charge is 0.486 e. The van der Waals surface area contributed by atoms with E-state index >= 15 is 0 Å². The fourth-order valence-corrected chi connectivity index (χ4v) is 4.70. The zero-order valence-electron chi connectivity index (χ0n) is 15.1. The molecule has 0 N–H and O–H groups in total. The minimum Gasteiger partial charge on any atom is -0.486 e. The van der Waals surface area contributed by atoms with Crippen molar-refractivity contribution in [2.45, 2.75) is 25.2 Å². The number of benzene rings is 2. The first-order chi connectivity index (χ1) is 13.1. The van der Waals surface area contributed by atoms with Crippen LogP contribution in [0, 0.1) is 0 Å². The highest BCUT2D eigenvalue weighted by Crippen LogP contribution is 2.51. The highest BCUT2D eigenvalue weighted by Gasteiger charge is 2.38. The quantitative estimate of drug-likeness (QED) is 0.656. The Kier molecular flexibility index (Phi) is 4.01. The van der Waals surface area contributed by atoms with Crippen molar-refractivity contribution < 1.29 is 14.3 Å². The van der Waals surface area contributed by atoms with E-state index in [0.29, 0.717) is 19.6 Å². The second-order valence-electron chi connectivity index (χ2n) is 7.24. The van der Waals surface area contributed by atoms with Crippen molar-refractivity contribution in [3.05, 3.63) is 63.3 Å². The maximum atomic E-state index is 13.0. The maximum absolute atomic E-state index is 13.0. The van der Waals surface area contributed by atoms with E-state index in [1.165, 1.54) is 0 Å². The number of carbonyl (C=O) groups is 1. The molecule has 4 nitrogen and oxygen atoms in total. The highest BCUT2D eigenvalue weighted by molar-refractivity contribution is 9.10. The van der Waals surface area contributed by atoms with E-state index in [4.69, 9.17) is 9.47 Å². The van der Waals surface area contributed by atoms with Gasteiger partial charge in [0.1, 0.15) is 13.2 Å². The molecule has 0 bridgehead atoms. The van der Waals surface area contributed by atoms with Crippen LogP contribution in [0.4, 0.5) is 5.69 Å². The van der Waals surface area contributed by atoms with Gasteiger partial charge < -0.3 is 14.4 Å². The first-order valence-electron chi connectivity index (χ1n) is 9.32. The molecule has 3 aliphatic rings. The lowest BCUT2D eigenvalue weighted by Crippen LogP contribution is -2.33. The molecule has 1 aliphatic carbocycles. The van der Waals surface area contributed by atoms with Gasteiger partial charge in [0.25, 0.3) is 0 Å². The van der Waals surface area contributed by atoms with Crippen molar-refractivity contribution in [3.63, 3.8) is 0 Å². The van der Waals surface area contributed by atoms with Crippen LogP contribution in [0.15, 0.2) is 52.1 Å². The van der Waals surface area contributed by atoms with Crippen molar-refractivity contribution in [1.82, 2.24) is 0 Å². The van der Waals surface area contributed by atoms with E-state index < -0.39 is 0 Å². The van der Waals surface area contributed by atoms with Gasteiger partial charge in [0.05, 0.1) is 0 Å². The van der Waals surface area contributed by atoms with Gasteiger partial charge in [-0.25, -0.2) is 0 Å². The number of ether oxygens (including phenoxy) is 2. The van der Waals surface area contributed by atoms with Gasteiger partial charge in [-0.2, -0.15) is 0 Å². The van der Waals surface area contributed by atoms with Crippen LogP contribution in [-0.4, -0.2) is 26.0 Å². The number of allylic oxidation sites excluding steroid dienone is 2. The van der Waals surface area contributed by atoms with E-state index in [1.807, 2.05) is 12.1 Å². The SMILES string of the molecule is CN1C2=C(C(=O)CCC2)C(c2ccc(Br)cc2)c2cc3c(cc21)OCCO3. The van der Waals surface area contributed by atoms with Gasteiger partial charge in [-0.05, 0) is 42.2 Å². The first-order valence-corrected chi connectivity index (χ1v) is 10.1. The molecule has 1 atom stereocenters. The number of hydrogen-bond donors (Lipinski definition) is 0. The standard InChI is InChI=1S/C22H20BrNO3/c1-24-16-3-2-4-18(25)22(16)21(13-5-7-14(23)8-6-13)15-11-19-20(12-17(15)24)27-10-9-26-19/h5-8,11-12,21H,2-4,9-10H2,1H3. The van der Waals surface area contributed by atoms with E-state index in [2.05, 4.69) is 52.1 Å². The third kappa shape index (κ3) is 2.67. The molecular formula is C22H20BrNO3. The zero-order chi connectivity index (χ0) is 18.5. The van der Waals surface area contributed by atoms with E-state index in [9.17, 15) is 4.79 Å². The Bertz CT molecular complexity index is 964. The molecule has 5 heteroatoms. The second-order valence-corrected chi connectivity index (χ2v) is 8.15. The van der Waals surface area contributed by atoms with Crippen LogP contribution in [-0.2, 0) is 4.79 Å². The Morgan fingerprint density at radius 1 is 1.04 bits per heavy atom. The topological polar surface area (TPSA) is 38.8 Å². The minimum atomic E-state index is -0.0667. The van der Waals surface area contributed by atoms with Crippen molar-refractivity contribution in [2.75, 3.05) is 25.2 Å². The van der Waals surface area contributed by atoms with Crippen molar-refractivity contribution in [3.8, 4) is 11.5 Å². The predicted molar refractivity (Wildman–Crippen MR) is 108 cm³/mol. The van der Waals surface area contributed by atoms with E-state index in [0.717, 1.165) is 56.9 Å². The fourth-order valence-electron chi connectivity index (χ4n) is 4.44. The molecule has 0 saturated carbocycles. The van der Waals surface area contributed by atoms with Gasteiger partial charge in [-0.1, -0.05) is 28.1 Å². The molecule has 2 aromatic rings. The Hall–Kier alpha value is -2.27. The average Bonchev–Trinajstić information content (AvgIpc) is 2.69. The van der Waals surface area contributed by atoms with Crippen LogP contribution in [0.25, 0.3) is 0 Å². The average molecular weight is 426 g/mol. The summed E-state index contributed by atoms with van der Waals surface area (Å²) in [5, 5.41) is 0. The molecule has 0 amide bonds. The summed E-state index contributed by atoms with van der Waals surface area (Å²) in [5.74, 6) is 1.75. The van der Waals surface area contributed by atoms with Crippen LogP contribution in [0.2, 0.25) is 0 Å². The molecule has 2 aliphatic heterocycles. The number of rotatable bonds is 1. The van der Waals surface area contributed by atoms with Crippen LogP contribution < -0.4 is 14.4 Å². The number of anilines is 1. The molecule has 0 radical (unpaired) electrons. The molecule has 2 heterocycles. The number of carbonyl (C=O) groups excluding carboxylic acids is 1. The Morgan fingerprint density at radius 2 is 1.74 bits per heavy atom. The van der Waals surface area contributed by atoms with Crippen molar-refractivity contribution in [2.24, 2.45) is 0 Å². The van der Waals surface area contributed by atoms with Gasteiger partial charge in [-0.15, -0.1) is 0 Å². The van der Waals surface area contributed by atoms with E-state index in [1.54, 1.807) is 0 Å². The third-order valence-corrected chi connectivity index (χ3v) is 6.22. The summed E-state index contributed by atoms with van der Waals surface area (Å²) in [6.07, 6.45) is 2.47. The number of Topliss-reactive ketones (excluding diaryl/α,β-unsaturated/α-hetero) is 1.